The molecule has 1 aromatic rings. The van der Waals surface area contributed by atoms with Crippen LogP contribution in [-0.2, 0) is 0 Å². The van der Waals surface area contributed by atoms with E-state index in [4.69, 9.17) is 0 Å². The van der Waals surface area contributed by atoms with Crippen molar-refractivity contribution in [2.24, 2.45) is 0 Å². The molecule has 66 valence electrons. The van der Waals surface area contributed by atoms with Gasteiger partial charge in [0.15, 0.2) is 11.6 Å². The number of hydrogen-bond donors (Lipinski definition) is 1. The molecule has 0 radical (unpaired) electrons. The van der Waals surface area contributed by atoms with Crippen LogP contribution in [0.25, 0.3) is 0 Å². The molecule has 0 aromatic heterocycles. The lowest BCUT2D eigenvalue weighted by molar-refractivity contribution is 0.423. The summed E-state index contributed by atoms with van der Waals surface area (Å²) >= 11 is 3.16. The molecule has 0 unspecified atom stereocenters. The fraction of sp³-hybridized carbons (Fsp3) is 0.333. The first-order chi connectivity index (χ1) is 5.52. The highest BCUT2D eigenvalue weighted by Gasteiger charge is 2.11. The van der Waals surface area contributed by atoms with Crippen LogP contribution in [0.4, 0.5) is 4.39 Å². The number of benzene rings is 1. The van der Waals surface area contributed by atoms with Gasteiger partial charge in [-0.15, -0.1) is 0 Å². The SMILES string of the molecule is CC(C)c1cc(Br)cc(F)c1O. The lowest BCUT2D eigenvalue weighted by Gasteiger charge is -2.08. The van der Waals surface area contributed by atoms with Crippen LogP contribution < -0.4 is 0 Å². The molecule has 12 heavy (non-hydrogen) atoms. The van der Waals surface area contributed by atoms with Crippen molar-refractivity contribution < 1.29 is 9.50 Å². The number of rotatable bonds is 1. The van der Waals surface area contributed by atoms with Crippen LogP contribution in [0.15, 0.2) is 16.6 Å². The molecular weight excluding hydrogens is 223 g/mol. The molecule has 0 aliphatic heterocycles. The Labute approximate surface area is 79.4 Å². The molecule has 0 saturated heterocycles. The molecule has 0 heterocycles. The topological polar surface area (TPSA) is 20.2 Å². The van der Waals surface area contributed by atoms with E-state index < -0.39 is 5.82 Å². The summed E-state index contributed by atoms with van der Waals surface area (Å²) in [6, 6.07) is 2.98. The second-order valence-electron chi connectivity index (χ2n) is 2.98. The molecule has 0 aliphatic carbocycles. The zero-order valence-electron chi connectivity index (χ0n) is 6.94. The third-order valence-electron chi connectivity index (χ3n) is 1.68. The summed E-state index contributed by atoms with van der Waals surface area (Å²) in [5.41, 5.74) is 0.627. The Bertz CT molecular complexity index is 297. The van der Waals surface area contributed by atoms with Gasteiger partial charge in [0.25, 0.3) is 0 Å². The zero-order valence-corrected chi connectivity index (χ0v) is 8.52. The van der Waals surface area contributed by atoms with Crippen LogP contribution in [0.3, 0.4) is 0 Å². The quantitative estimate of drug-likeness (QED) is 0.787. The van der Waals surface area contributed by atoms with Gasteiger partial charge in [0.2, 0.25) is 0 Å². The Morgan fingerprint density at radius 1 is 1.42 bits per heavy atom. The van der Waals surface area contributed by atoms with Crippen molar-refractivity contribution in [3.63, 3.8) is 0 Å². The first-order valence-corrected chi connectivity index (χ1v) is 4.49. The van der Waals surface area contributed by atoms with Gasteiger partial charge in [-0.05, 0) is 18.1 Å². The minimum atomic E-state index is -0.576. The van der Waals surface area contributed by atoms with Gasteiger partial charge in [0, 0.05) is 10.0 Å². The average molecular weight is 233 g/mol. The smallest absolute Gasteiger partial charge is 0.166 e. The van der Waals surface area contributed by atoms with Gasteiger partial charge in [-0.3, -0.25) is 0 Å². The predicted octanol–water partition coefficient (Wildman–Crippen LogP) is 3.42. The lowest BCUT2D eigenvalue weighted by atomic mass is 10.0. The van der Waals surface area contributed by atoms with Crippen molar-refractivity contribution in [1.82, 2.24) is 0 Å². The van der Waals surface area contributed by atoms with Gasteiger partial charge in [0.05, 0.1) is 0 Å². The summed E-state index contributed by atoms with van der Waals surface area (Å²) in [7, 11) is 0. The standard InChI is InChI=1S/C9H10BrFO/c1-5(2)7-3-6(10)4-8(11)9(7)12/h3-5,12H,1-2H3. The highest BCUT2D eigenvalue weighted by atomic mass is 79.9. The number of phenolic OH excluding ortho intramolecular Hbond substituents is 1. The van der Waals surface area contributed by atoms with Crippen molar-refractivity contribution in [3.05, 3.63) is 28.0 Å². The largest absolute Gasteiger partial charge is 0.505 e. The van der Waals surface area contributed by atoms with E-state index >= 15 is 0 Å². The second kappa shape index (κ2) is 3.44. The van der Waals surface area contributed by atoms with Crippen molar-refractivity contribution >= 4 is 15.9 Å². The minimum Gasteiger partial charge on any atom is -0.505 e. The Morgan fingerprint density at radius 3 is 2.50 bits per heavy atom. The Kier molecular flexibility index (Phi) is 2.73. The number of phenols is 1. The first-order valence-electron chi connectivity index (χ1n) is 3.70. The molecule has 0 fully saturated rings. The molecule has 0 amide bonds. The lowest BCUT2D eigenvalue weighted by Crippen LogP contribution is -1.90. The van der Waals surface area contributed by atoms with E-state index in [1.54, 1.807) is 6.07 Å². The maximum atomic E-state index is 12.9. The van der Waals surface area contributed by atoms with Crippen LogP contribution >= 0.6 is 15.9 Å². The first kappa shape index (κ1) is 9.52. The highest BCUT2D eigenvalue weighted by Crippen LogP contribution is 2.31. The second-order valence-corrected chi connectivity index (χ2v) is 3.90. The molecule has 0 spiro atoms. The van der Waals surface area contributed by atoms with E-state index in [0.717, 1.165) is 0 Å². The van der Waals surface area contributed by atoms with Gasteiger partial charge >= 0.3 is 0 Å². The monoisotopic (exact) mass is 232 g/mol. The molecule has 1 aromatic carbocycles. The number of halogens is 2. The molecule has 0 atom stereocenters. The molecule has 0 saturated carbocycles. The normalized spacial score (nSPS) is 10.8. The van der Waals surface area contributed by atoms with Crippen molar-refractivity contribution in [3.8, 4) is 5.75 Å². The van der Waals surface area contributed by atoms with Gasteiger partial charge < -0.3 is 5.11 Å². The van der Waals surface area contributed by atoms with Crippen molar-refractivity contribution in [2.45, 2.75) is 19.8 Å². The van der Waals surface area contributed by atoms with E-state index in [1.807, 2.05) is 13.8 Å². The van der Waals surface area contributed by atoms with Crippen LogP contribution in [0, 0.1) is 5.82 Å². The van der Waals surface area contributed by atoms with Crippen LogP contribution in [0.2, 0.25) is 0 Å². The average Bonchev–Trinajstić information content (AvgIpc) is 1.96. The van der Waals surface area contributed by atoms with Crippen molar-refractivity contribution in [1.29, 1.82) is 0 Å². The minimum absolute atomic E-state index is 0.122. The zero-order chi connectivity index (χ0) is 9.30. The van der Waals surface area contributed by atoms with Gasteiger partial charge in [0.1, 0.15) is 0 Å². The Morgan fingerprint density at radius 2 is 2.00 bits per heavy atom. The summed E-state index contributed by atoms with van der Waals surface area (Å²) in [4.78, 5) is 0. The van der Waals surface area contributed by atoms with Crippen LogP contribution in [0.1, 0.15) is 25.3 Å². The molecular formula is C9H10BrFO. The van der Waals surface area contributed by atoms with E-state index in [2.05, 4.69) is 15.9 Å². The van der Waals surface area contributed by atoms with E-state index in [-0.39, 0.29) is 11.7 Å². The van der Waals surface area contributed by atoms with Crippen LogP contribution in [0.5, 0.6) is 5.75 Å². The van der Waals surface area contributed by atoms with Gasteiger partial charge in [-0.2, -0.15) is 0 Å². The summed E-state index contributed by atoms with van der Waals surface area (Å²) in [5, 5.41) is 9.30. The third-order valence-corrected chi connectivity index (χ3v) is 2.14. The highest BCUT2D eigenvalue weighted by molar-refractivity contribution is 9.10. The molecule has 1 nitrogen and oxygen atoms in total. The third kappa shape index (κ3) is 1.78. The van der Waals surface area contributed by atoms with Crippen LogP contribution in [-0.4, -0.2) is 5.11 Å². The predicted molar refractivity (Wildman–Crippen MR) is 49.9 cm³/mol. The van der Waals surface area contributed by atoms with Gasteiger partial charge in [-0.25, -0.2) is 4.39 Å². The molecule has 3 heteroatoms. The van der Waals surface area contributed by atoms with E-state index in [9.17, 15) is 9.50 Å². The Hall–Kier alpha value is -0.570. The maximum Gasteiger partial charge on any atom is 0.166 e. The van der Waals surface area contributed by atoms with Crippen molar-refractivity contribution in [2.75, 3.05) is 0 Å². The number of aromatic hydroxyl groups is 1. The fourth-order valence-electron chi connectivity index (χ4n) is 1.03. The molecule has 0 bridgehead atoms. The summed E-state index contributed by atoms with van der Waals surface area (Å²) in [6.45, 7) is 3.81. The molecule has 0 aliphatic rings. The van der Waals surface area contributed by atoms with E-state index in [1.165, 1.54) is 6.07 Å². The maximum absolute atomic E-state index is 12.9. The van der Waals surface area contributed by atoms with Gasteiger partial charge in [-0.1, -0.05) is 29.8 Å². The molecule has 1 rings (SSSR count). The summed E-state index contributed by atoms with van der Waals surface area (Å²) in [6.07, 6.45) is 0. The summed E-state index contributed by atoms with van der Waals surface area (Å²) in [5.74, 6) is -0.696. The molecule has 1 N–H and O–H groups in total. The number of hydrogen-bond acceptors (Lipinski definition) is 1. The fourth-order valence-corrected chi connectivity index (χ4v) is 1.47. The summed E-state index contributed by atoms with van der Waals surface area (Å²) < 4.78 is 13.6. The van der Waals surface area contributed by atoms with E-state index in [0.29, 0.717) is 10.0 Å². The Balaban J connectivity index is 3.28.